The summed E-state index contributed by atoms with van der Waals surface area (Å²) in [4.78, 5) is 11.8. The molecule has 0 aliphatic heterocycles. The van der Waals surface area contributed by atoms with E-state index in [0.717, 1.165) is 23.1 Å². The molecule has 0 aliphatic rings. The SMILES string of the molecule is Cc1oc(C)c(C(=O)NCCCBr)c1C. The first-order valence-corrected chi connectivity index (χ1v) is 6.10. The number of halogens is 1. The van der Waals surface area contributed by atoms with Crippen LogP contribution in [-0.2, 0) is 0 Å². The van der Waals surface area contributed by atoms with Crippen molar-refractivity contribution in [3.63, 3.8) is 0 Å². The molecular weight excluding hydrogens is 258 g/mol. The van der Waals surface area contributed by atoms with Crippen molar-refractivity contribution in [3.8, 4) is 0 Å². The molecule has 1 heterocycles. The lowest BCUT2D eigenvalue weighted by Crippen LogP contribution is -2.25. The van der Waals surface area contributed by atoms with E-state index in [1.165, 1.54) is 0 Å². The summed E-state index contributed by atoms with van der Waals surface area (Å²) in [5.74, 6) is 1.47. The van der Waals surface area contributed by atoms with Crippen LogP contribution in [0.4, 0.5) is 0 Å². The lowest BCUT2D eigenvalue weighted by Gasteiger charge is -2.03. The normalized spacial score (nSPS) is 10.4. The molecule has 1 aromatic heterocycles. The third-order valence-corrected chi connectivity index (χ3v) is 2.95. The minimum atomic E-state index is -0.0391. The minimum Gasteiger partial charge on any atom is -0.466 e. The molecule has 1 N–H and O–H groups in total. The highest BCUT2D eigenvalue weighted by Gasteiger charge is 2.17. The number of furan rings is 1. The van der Waals surface area contributed by atoms with Gasteiger partial charge in [-0.1, -0.05) is 15.9 Å². The van der Waals surface area contributed by atoms with Crippen molar-refractivity contribution in [1.29, 1.82) is 0 Å². The Morgan fingerprint density at radius 2 is 2.00 bits per heavy atom. The summed E-state index contributed by atoms with van der Waals surface area (Å²) in [6.45, 7) is 6.29. The van der Waals surface area contributed by atoms with Crippen molar-refractivity contribution in [2.24, 2.45) is 0 Å². The van der Waals surface area contributed by atoms with E-state index in [-0.39, 0.29) is 5.91 Å². The maximum absolute atomic E-state index is 11.8. The Morgan fingerprint density at radius 1 is 1.33 bits per heavy atom. The van der Waals surface area contributed by atoms with Crippen LogP contribution in [0.25, 0.3) is 0 Å². The average molecular weight is 274 g/mol. The van der Waals surface area contributed by atoms with Gasteiger partial charge in [0.25, 0.3) is 5.91 Å². The molecule has 0 aromatic carbocycles. The van der Waals surface area contributed by atoms with E-state index in [4.69, 9.17) is 4.42 Å². The van der Waals surface area contributed by atoms with Crippen LogP contribution < -0.4 is 5.32 Å². The fourth-order valence-electron chi connectivity index (χ4n) is 1.48. The zero-order valence-electron chi connectivity index (χ0n) is 9.32. The van der Waals surface area contributed by atoms with Crippen molar-refractivity contribution in [3.05, 3.63) is 22.6 Å². The molecule has 1 aromatic rings. The number of rotatable bonds is 4. The van der Waals surface area contributed by atoms with E-state index in [1.54, 1.807) is 0 Å². The molecule has 1 rings (SSSR count). The summed E-state index contributed by atoms with van der Waals surface area (Å²) in [5, 5.41) is 3.76. The molecule has 0 bridgehead atoms. The molecule has 0 fully saturated rings. The summed E-state index contributed by atoms with van der Waals surface area (Å²) < 4.78 is 5.40. The Balaban J connectivity index is 2.73. The van der Waals surface area contributed by atoms with Crippen LogP contribution in [-0.4, -0.2) is 17.8 Å². The van der Waals surface area contributed by atoms with Gasteiger partial charge in [-0.2, -0.15) is 0 Å². The second-order valence-electron chi connectivity index (χ2n) is 3.51. The number of hydrogen-bond acceptors (Lipinski definition) is 2. The van der Waals surface area contributed by atoms with Gasteiger partial charge in [-0.3, -0.25) is 4.79 Å². The molecule has 15 heavy (non-hydrogen) atoms. The van der Waals surface area contributed by atoms with Crippen molar-refractivity contribution >= 4 is 21.8 Å². The van der Waals surface area contributed by atoms with Crippen LogP contribution in [0.15, 0.2) is 4.42 Å². The number of nitrogens with one attached hydrogen (secondary N) is 1. The lowest BCUT2D eigenvalue weighted by atomic mass is 10.1. The monoisotopic (exact) mass is 273 g/mol. The molecule has 0 aliphatic carbocycles. The van der Waals surface area contributed by atoms with E-state index in [1.807, 2.05) is 20.8 Å². The molecule has 0 radical (unpaired) electrons. The number of amides is 1. The fraction of sp³-hybridized carbons (Fsp3) is 0.545. The topological polar surface area (TPSA) is 42.2 Å². The van der Waals surface area contributed by atoms with Gasteiger partial charge < -0.3 is 9.73 Å². The van der Waals surface area contributed by atoms with E-state index in [0.29, 0.717) is 17.9 Å². The van der Waals surface area contributed by atoms with E-state index >= 15 is 0 Å². The van der Waals surface area contributed by atoms with Crippen LogP contribution >= 0.6 is 15.9 Å². The van der Waals surface area contributed by atoms with Gasteiger partial charge in [0.05, 0.1) is 5.56 Å². The molecule has 0 saturated carbocycles. The smallest absolute Gasteiger partial charge is 0.255 e. The Morgan fingerprint density at radius 3 is 2.47 bits per heavy atom. The quantitative estimate of drug-likeness (QED) is 0.677. The zero-order valence-corrected chi connectivity index (χ0v) is 10.9. The molecule has 0 spiro atoms. The molecule has 1 amide bonds. The number of carbonyl (C=O) groups excluding carboxylic acids is 1. The maximum Gasteiger partial charge on any atom is 0.255 e. The second kappa shape index (κ2) is 5.35. The Labute approximate surface area is 98.4 Å². The first-order chi connectivity index (χ1) is 7.07. The summed E-state index contributed by atoms with van der Waals surface area (Å²) in [7, 11) is 0. The predicted octanol–water partition coefficient (Wildman–Crippen LogP) is 2.72. The standard InChI is InChI=1S/C11H16BrNO2/c1-7-8(2)15-9(3)10(7)11(14)13-6-4-5-12/h4-6H2,1-3H3,(H,13,14). The highest BCUT2D eigenvalue weighted by Crippen LogP contribution is 2.20. The van der Waals surface area contributed by atoms with Gasteiger partial charge in [0, 0.05) is 17.4 Å². The molecule has 0 saturated heterocycles. The van der Waals surface area contributed by atoms with Crippen LogP contribution in [0.3, 0.4) is 0 Å². The average Bonchev–Trinajstić information content (AvgIpc) is 2.41. The second-order valence-corrected chi connectivity index (χ2v) is 4.31. The highest BCUT2D eigenvalue weighted by molar-refractivity contribution is 9.09. The Bertz CT molecular complexity index is 358. The van der Waals surface area contributed by atoms with Crippen molar-refractivity contribution < 1.29 is 9.21 Å². The highest BCUT2D eigenvalue weighted by atomic mass is 79.9. The van der Waals surface area contributed by atoms with Gasteiger partial charge in [0.1, 0.15) is 11.5 Å². The third-order valence-electron chi connectivity index (χ3n) is 2.38. The largest absolute Gasteiger partial charge is 0.466 e. The predicted molar refractivity (Wildman–Crippen MR) is 63.7 cm³/mol. The van der Waals surface area contributed by atoms with Gasteiger partial charge in [-0.05, 0) is 27.2 Å². The molecular formula is C11H16BrNO2. The molecule has 84 valence electrons. The fourth-order valence-corrected chi connectivity index (χ4v) is 1.76. The number of hydrogen-bond donors (Lipinski definition) is 1. The van der Waals surface area contributed by atoms with Gasteiger partial charge in [-0.15, -0.1) is 0 Å². The van der Waals surface area contributed by atoms with Gasteiger partial charge in [0.2, 0.25) is 0 Å². The molecule has 0 atom stereocenters. The van der Waals surface area contributed by atoms with E-state index in [2.05, 4.69) is 21.2 Å². The van der Waals surface area contributed by atoms with Gasteiger partial charge in [0.15, 0.2) is 0 Å². The van der Waals surface area contributed by atoms with Gasteiger partial charge >= 0.3 is 0 Å². The van der Waals surface area contributed by atoms with Crippen LogP contribution in [0, 0.1) is 20.8 Å². The number of alkyl halides is 1. The van der Waals surface area contributed by atoms with Crippen molar-refractivity contribution in [2.75, 3.05) is 11.9 Å². The molecule has 3 nitrogen and oxygen atoms in total. The molecule has 4 heteroatoms. The maximum atomic E-state index is 11.8. The lowest BCUT2D eigenvalue weighted by molar-refractivity contribution is 0.0952. The Hall–Kier alpha value is -0.770. The number of carbonyl (C=O) groups is 1. The summed E-state index contributed by atoms with van der Waals surface area (Å²) in [6.07, 6.45) is 0.931. The zero-order chi connectivity index (χ0) is 11.4. The first-order valence-electron chi connectivity index (χ1n) is 4.98. The van der Waals surface area contributed by atoms with Crippen LogP contribution in [0.1, 0.15) is 33.9 Å². The van der Waals surface area contributed by atoms with E-state index < -0.39 is 0 Å². The van der Waals surface area contributed by atoms with Crippen LogP contribution in [0.5, 0.6) is 0 Å². The van der Waals surface area contributed by atoms with Gasteiger partial charge in [-0.25, -0.2) is 0 Å². The summed E-state index contributed by atoms with van der Waals surface area (Å²) >= 11 is 3.32. The minimum absolute atomic E-state index is 0.0391. The molecule has 0 unspecified atom stereocenters. The third kappa shape index (κ3) is 2.84. The summed E-state index contributed by atoms with van der Waals surface area (Å²) in [6, 6.07) is 0. The Kier molecular flexibility index (Phi) is 4.39. The van der Waals surface area contributed by atoms with E-state index in [9.17, 15) is 4.79 Å². The summed E-state index contributed by atoms with van der Waals surface area (Å²) in [5.41, 5.74) is 1.62. The number of aryl methyl sites for hydroxylation is 2. The first kappa shape index (κ1) is 12.3. The van der Waals surface area contributed by atoms with Crippen molar-refractivity contribution in [1.82, 2.24) is 5.32 Å². The van der Waals surface area contributed by atoms with Crippen LogP contribution in [0.2, 0.25) is 0 Å². The van der Waals surface area contributed by atoms with Crippen molar-refractivity contribution in [2.45, 2.75) is 27.2 Å².